The molecule has 1 fully saturated rings. The van der Waals surface area contributed by atoms with E-state index < -0.39 is 0 Å². The van der Waals surface area contributed by atoms with E-state index in [1.54, 1.807) is 23.3 Å². The monoisotopic (exact) mass is 396 g/mol. The minimum atomic E-state index is 0.0764. The fourth-order valence-corrected chi connectivity index (χ4v) is 3.59. The molecule has 1 atom stereocenters. The van der Waals surface area contributed by atoms with E-state index in [4.69, 9.17) is 0 Å². The van der Waals surface area contributed by atoms with Crippen LogP contribution in [0, 0.1) is 0 Å². The predicted octanol–water partition coefficient (Wildman–Crippen LogP) is 4.01. The Morgan fingerprint density at radius 3 is 2.56 bits per heavy atom. The van der Waals surface area contributed by atoms with E-state index in [0.29, 0.717) is 5.56 Å². The Morgan fingerprint density at radius 2 is 1.88 bits per heavy atom. The number of hydrogen-bond donors (Lipinski definition) is 0. The first-order chi connectivity index (χ1) is 12.2. The molecule has 4 rings (SSSR count). The summed E-state index contributed by atoms with van der Waals surface area (Å²) < 4.78 is 2.69. The average Bonchev–Trinajstić information content (AvgIpc) is 3.31. The second-order valence-corrected chi connectivity index (χ2v) is 7.00. The van der Waals surface area contributed by atoms with Gasteiger partial charge in [0, 0.05) is 30.7 Å². The highest BCUT2D eigenvalue weighted by Crippen LogP contribution is 2.32. The molecule has 1 unspecified atom stereocenters. The first-order valence-corrected chi connectivity index (χ1v) is 9.03. The van der Waals surface area contributed by atoms with E-state index in [9.17, 15) is 4.79 Å². The third kappa shape index (κ3) is 3.22. The van der Waals surface area contributed by atoms with Gasteiger partial charge in [0.2, 0.25) is 0 Å². The maximum atomic E-state index is 13.0. The number of carbonyl (C=O) groups excluding carboxylic acids is 1. The molecule has 25 heavy (non-hydrogen) atoms. The van der Waals surface area contributed by atoms with Crippen molar-refractivity contribution in [2.45, 2.75) is 18.9 Å². The Kier molecular flexibility index (Phi) is 4.36. The van der Waals surface area contributed by atoms with Crippen molar-refractivity contribution in [2.75, 3.05) is 6.54 Å². The van der Waals surface area contributed by atoms with Crippen LogP contribution >= 0.6 is 15.9 Å². The topological polar surface area (TPSA) is 51.0 Å². The molecular weight excluding hydrogens is 380 g/mol. The maximum absolute atomic E-state index is 13.0. The average molecular weight is 397 g/mol. The van der Waals surface area contributed by atoms with E-state index in [0.717, 1.165) is 35.1 Å². The maximum Gasteiger partial charge on any atom is 0.254 e. The van der Waals surface area contributed by atoms with Crippen molar-refractivity contribution in [1.29, 1.82) is 0 Å². The second-order valence-electron chi connectivity index (χ2n) is 6.09. The first kappa shape index (κ1) is 16.0. The number of aromatic nitrogens is 3. The van der Waals surface area contributed by atoms with Gasteiger partial charge in [0.05, 0.1) is 22.4 Å². The molecule has 1 aliphatic rings. The van der Waals surface area contributed by atoms with E-state index in [2.05, 4.69) is 26.0 Å². The van der Waals surface area contributed by atoms with Crippen LogP contribution in [0.3, 0.4) is 0 Å². The van der Waals surface area contributed by atoms with Gasteiger partial charge in [-0.3, -0.25) is 9.78 Å². The van der Waals surface area contributed by atoms with Gasteiger partial charge in [0.15, 0.2) is 0 Å². The first-order valence-electron chi connectivity index (χ1n) is 8.24. The summed E-state index contributed by atoms with van der Waals surface area (Å²) in [6.07, 6.45) is 9.22. The molecule has 0 bridgehead atoms. The lowest BCUT2D eigenvalue weighted by atomic mass is 10.1. The lowest BCUT2D eigenvalue weighted by Gasteiger charge is -2.25. The normalized spacial score (nSPS) is 17.0. The minimum absolute atomic E-state index is 0.0764. The Balaban J connectivity index is 1.56. The van der Waals surface area contributed by atoms with Gasteiger partial charge in [-0.15, -0.1) is 0 Å². The molecule has 3 aromatic rings. The van der Waals surface area contributed by atoms with Gasteiger partial charge in [-0.05, 0) is 70.7 Å². The molecule has 0 spiro atoms. The minimum Gasteiger partial charge on any atom is -0.332 e. The number of hydrogen-bond acceptors (Lipinski definition) is 3. The third-order valence-corrected chi connectivity index (χ3v) is 4.94. The van der Waals surface area contributed by atoms with Crippen LogP contribution in [0.2, 0.25) is 0 Å². The molecule has 1 aliphatic heterocycles. The summed E-state index contributed by atoms with van der Waals surface area (Å²) in [7, 11) is 0. The number of carbonyl (C=O) groups is 1. The van der Waals surface area contributed by atoms with E-state index in [1.165, 1.54) is 0 Å². The summed E-state index contributed by atoms with van der Waals surface area (Å²) >= 11 is 3.39. The van der Waals surface area contributed by atoms with E-state index >= 15 is 0 Å². The van der Waals surface area contributed by atoms with Crippen LogP contribution in [0.1, 0.15) is 34.8 Å². The molecule has 1 saturated heterocycles. The zero-order valence-corrected chi connectivity index (χ0v) is 15.1. The number of rotatable bonds is 3. The van der Waals surface area contributed by atoms with E-state index in [-0.39, 0.29) is 11.9 Å². The molecule has 0 saturated carbocycles. The van der Waals surface area contributed by atoms with Gasteiger partial charge >= 0.3 is 0 Å². The summed E-state index contributed by atoms with van der Waals surface area (Å²) in [5.74, 6) is 0.0764. The van der Waals surface area contributed by atoms with Crippen molar-refractivity contribution in [1.82, 2.24) is 19.7 Å². The predicted molar refractivity (Wildman–Crippen MR) is 98.5 cm³/mol. The fourth-order valence-electron chi connectivity index (χ4n) is 3.31. The van der Waals surface area contributed by atoms with Gasteiger partial charge in [-0.25, -0.2) is 4.68 Å². The lowest BCUT2D eigenvalue weighted by Crippen LogP contribution is -2.30. The van der Waals surface area contributed by atoms with Crippen molar-refractivity contribution in [3.8, 4) is 5.69 Å². The SMILES string of the molecule is O=C(c1ccc(-n2cc(Br)cn2)cc1)N1CCCC1c1ccncc1. The Morgan fingerprint density at radius 1 is 1.12 bits per heavy atom. The van der Waals surface area contributed by atoms with Gasteiger partial charge in [0.25, 0.3) is 5.91 Å². The smallest absolute Gasteiger partial charge is 0.254 e. The lowest BCUT2D eigenvalue weighted by molar-refractivity contribution is 0.0735. The molecule has 0 aliphatic carbocycles. The van der Waals surface area contributed by atoms with E-state index in [1.807, 2.05) is 47.5 Å². The van der Waals surface area contributed by atoms with Gasteiger partial charge in [-0.1, -0.05) is 0 Å². The van der Waals surface area contributed by atoms with Crippen LogP contribution < -0.4 is 0 Å². The molecule has 126 valence electrons. The quantitative estimate of drug-likeness (QED) is 0.671. The Labute approximate surface area is 154 Å². The summed E-state index contributed by atoms with van der Waals surface area (Å²) in [5, 5.41) is 4.26. The standard InChI is InChI=1S/C19H17BrN4O/c20-16-12-22-24(13-16)17-5-3-15(4-6-17)19(25)23-11-1-2-18(23)14-7-9-21-10-8-14/h3-10,12-13,18H,1-2,11H2. The summed E-state index contributed by atoms with van der Waals surface area (Å²) in [6, 6.07) is 11.7. The van der Waals surface area contributed by atoms with Crippen molar-refractivity contribution in [3.05, 3.63) is 76.8 Å². The summed E-state index contributed by atoms with van der Waals surface area (Å²) in [6.45, 7) is 0.791. The molecule has 0 N–H and O–H groups in total. The molecule has 0 radical (unpaired) electrons. The molecule has 1 amide bonds. The van der Waals surface area contributed by atoms with Crippen LogP contribution in [0.15, 0.2) is 65.7 Å². The number of likely N-dealkylation sites (tertiary alicyclic amines) is 1. The zero-order chi connectivity index (χ0) is 17.2. The van der Waals surface area contributed by atoms with Crippen LogP contribution in [0.25, 0.3) is 5.69 Å². The van der Waals surface area contributed by atoms with Crippen LogP contribution in [0.5, 0.6) is 0 Å². The largest absolute Gasteiger partial charge is 0.332 e. The van der Waals surface area contributed by atoms with Gasteiger partial charge in [-0.2, -0.15) is 5.10 Å². The Bertz CT molecular complexity index is 876. The zero-order valence-electron chi connectivity index (χ0n) is 13.5. The van der Waals surface area contributed by atoms with Crippen molar-refractivity contribution in [2.24, 2.45) is 0 Å². The molecular formula is C19H17BrN4O. The molecule has 3 heterocycles. The van der Waals surface area contributed by atoms with Crippen molar-refractivity contribution < 1.29 is 4.79 Å². The highest BCUT2D eigenvalue weighted by molar-refractivity contribution is 9.10. The fraction of sp³-hybridized carbons (Fsp3) is 0.211. The van der Waals surface area contributed by atoms with Crippen LogP contribution in [-0.2, 0) is 0 Å². The van der Waals surface area contributed by atoms with Crippen molar-refractivity contribution in [3.63, 3.8) is 0 Å². The summed E-state index contributed by atoms with van der Waals surface area (Å²) in [5.41, 5.74) is 2.78. The van der Waals surface area contributed by atoms with Crippen LogP contribution in [-0.4, -0.2) is 32.1 Å². The number of benzene rings is 1. The molecule has 5 nitrogen and oxygen atoms in total. The Hall–Kier alpha value is -2.47. The number of pyridine rings is 1. The second kappa shape index (κ2) is 6.80. The molecule has 1 aromatic carbocycles. The third-order valence-electron chi connectivity index (χ3n) is 4.53. The molecule has 2 aromatic heterocycles. The van der Waals surface area contributed by atoms with Gasteiger partial charge < -0.3 is 4.90 Å². The van der Waals surface area contributed by atoms with Crippen molar-refractivity contribution >= 4 is 21.8 Å². The highest BCUT2D eigenvalue weighted by Gasteiger charge is 2.30. The highest BCUT2D eigenvalue weighted by atomic mass is 79.9. The molecule has 6 heteroatoms. The van der Waals surface area contributed by atoms with Crippen LogP contribution in [0.4, 0.5) is 0 Å². The number of nitrogens with zero attached hydrogens (tertiary/aromatic N) is 4. The summed E-state index contributed by atoms with van der Waals surface area (Å²) in [4.78, 5) is 19.0. The van der Waals surface area contributed by atoms with Gasteiger partial charge in [0.1, 0.15) is 0 Å². The number of amides is 1. The number of halogens is 1.